The van der Waals surface area contributed by atoms with E-state index in [9.17, 15) is 8.42 Å². The number of ether oxygens (including phenoxy) is 2. The average molecular weight is 490 g/mol. The van der Waals surface area contributed by atoms with Crippen LogP contribution in [0.5, 0.6) is 11.5 Å². The molecule has 0 atom stereocenters. The van der Waals surface area contributed by atoms with Crippen LogP contribution >= 0.6 is 11.6 Å². The fourth-order valence-electron chi connectivity index (χ4n) is 3.25. The second kappa shape index (κ2) is 9.59. The first-order valence-corrected chi connectivity index (χ1v) is 12.0. The van der Waals surface area contributed by atoms with Gasteiger partial charge in [0.1, 0.15) is 28.8 Å². The van der Waals surface area contributed by atoms with E-state index in [1.54, 1.807) is 34.9 Å². The summed E-state index contributed by atoms with van der Waals surface area (Å²) in [7, 11) is -0.593. The predicted octanol–water partition coefficient (Wildman–Crippen LogP) is 3.15. The Morgan fingerprint density at radius 1 is 1.03 bits per heavy atom. The summed E-state index contributed by atoms with van der Waals surface area (Å²) in [6.07, 6.45) is 4.49. The molecule has 0 unspecified atom stereocenters. The Hall–Kier alpha value is -3.44. The van der Waals surface area contributed by atoms with Crippen molar-refractivity contribution in [3.8, 4) is 28.8 Å². The van der Waals surface area contributed by atoms with Gasteiger partial charge in [0.25, 0.3) is 0 Å². The molecule has 0 saturated carbocycles. The van der Waals surface area contributed by atoms with Crippen molar-refractivity contribution in [2.24, 2.45) is 0 Å². The fraction of sp³-hybridized carbons (Fsp3) is 0.238. The number of para-hydroxylation sites is 1. The molecule has 172 valence electrons. The van der Waals surface area contributed by atoms with Crippen LogP contribution in [0, 0.1) is 0 Å². The summed E-state index contributed by atoms with van der Waals surface area (Å²) in [5.74, 6) is 1.64. The molecular weight excluding hydrogens is 470 g/mol. The lowest BCUT2D eigenvalue weighted by Crippen LogP contribution is -2.16. The van der Waals surface area contributed by atoms with E-state index < -0.39 is 9.84 Å². The van der Waals surface area contributed by atoms with Crippen LogP contribution < -0.4 is 9.47 Å². The molecule has 33 heavy (non-hydrogen) atoms. The molecule has 1 aromatic carbocycles. The van der Waals surface area contributed by atoms with E-state index in [0.29, 0.717) is 39.6 Å². The second-order valence-corrected chi connectivity index (χ2v) is 9.54. The first-order valence-electron chi connectivity index (χ1n) is 9.78. The van der Waals surface area contributed by atoms with Crippen molar-refractivity contribution in [2.75, 3.05) is 20.0 Å². The smallest absolute Gasteiger partial charge is 0.204 e. The van der Waals surface area contributed by atoms with Crippen LogP contribution in [0.2, 0.25) is 5.02 Å². The number of hydrogen-bond donors (Lipinski definition) is 0. The number of aryl methyl sites for hydroxylation is 1. The highest BCUT2D eigenvalue weighted by Gasteiger charge is 2.26. The second-order valence-electron chi connectivity index (χ2n) is 6.92. The Balaban J connectivity index is 1.73. The van der Waals surface area contributed by atoms with Crippen molar-refractivity contribution in [2.45, 2.75) is 12.2 Å². The SMILES string of the molecule is COc1cccc(OC)c1-n1c(CS(=O)(=O)CCc2ncc(Cl)cn2)nnc1-c1ccco1. The molecule has 0 bridgehead atoms. The van der Waals surface area contributed by atoms with Gasteiger partial charge in [-0.15, -0.1) is 10.2 Å². The largest absolute Gasteiger partial charge is 0.494 e. The summed E-state index contributed by atoms with van der Waals surface area (Å²) in [5, 5.41) is 8.75. The standard InChI is InChI=1S/C21H20ClN5O5S/c1-30-15-5-3-6-16(31-2)20(15)27-19(25-26-21(27)17-7-4-9-32-17)13-33(28,29)10-8-18-23-11-14(22)12-24-18/h3-7,9,11-12H,8,10,13H2,1-2H3. The Labute approximate surface area is 195 Å². The molecule has 0 aliphatic heterocycles. The monoisotopic (exact) mass is 489 g/mol. The zero-order chi connectivity index (χ0) is 23.4. The summed E-state index contributed by atoms with van der Waals surface area (Å²) in [5.41, 5.74) is 0.463. The summed E-state index contributed by atoms with van der Waals surface area (Å²) in [6, 6.07) is 8.65. The van der Waals surface area contributed by atoms with E-state index in [1.807, 2.05) is 0 Å². The lowest BCUT2D eigenvalue weighted by Gasteiger charge is -2.16. The molecule has 10 nitrogen and oxygen atoms in total. The minimum absolute atomic E-state index is 0.136. The number of hydrogen-bond acceptors (Lipinski definition) is 9. The quantitative estimate of drug-likeness (QED) is 0.349. The van der Waals surface area contributed by atoms with Crippen LogP contribution in [0.4, 0.5) is 0 Å². The maximum Gasteiger partial charge on any atom is 0.204 e. The van der Waals surface area contributed by atoms with Gasteiger partial charge in [0.05, 0.1) is 31.3 Å². The first-order chi connectivity index (χ1) is 15.9. The molecule has 0 saturated heterocycles. The maximum absolute atomic E-state index is 13.0. The lowest BCUT2D eigenvalue weighted by atomic mass is 10.2. The van der Waals surface area contributed by atoms with Gasteiger partial charge in [0.2, 0.25) is 5.82 Å². The maximum atomic E-state index is 13.0. The highest BCUT2D eigenvalue weighted by atomic mass is 35.5. The highest BCUT2D eigenvalue weighted by Crippen LogP contribution is 2.36. The van der Waals surface area contributed by atoms with E-state index >= 15 is 0 Å². The number of nitrogens with zero attached hydrogens (tertiary/aromatic N) is 5. The number of sulfone groups is 1. The van der Waals surface area contributed by atoms with Crippen molar-refractivity contribution in [1.29, 1.82) is 0 Å². The number of halogens is 1. The van der Waals surface area contributed by atoms with Crippen LogP contribution in [0.15, 0.2) is 53.4 Å². The van der Waals surface area contributed by atoms with E-state index in [1.165, 1.54) is 32.9 Å². The third-order valence-corrected chi connectivity index (χ3v) is 6.48. The van der Waals surface area contributed by atoms with E-state index in [2.05, 4.69) is 20.2 Å². The molecule has 3 heterocycles. The molecular formula is C21H20ClN5O5S. The van der Waals surface area contributed by atoms with Crippen LogP contribution in [0.25, 0.3) is 17.3 Å². The van der Waals surface area contributed by atoms with Gasteiger partial charge in [0.15, 0.2) is 21.4 Å². The average Bonchev–Trinajstić information content (AvgIpc) is 3.48. The van der Waals surface area contributed by atoms with E-state index in [-0.39, 0.29) is 23.8 Å². The molecule has 3 aromatic heterocycles. The number of methoxy groups -OCH3 is 2. The van der Waals surface area contributed by atoms with E-state index in [4.69, 9.17) is 25.5 Å². The molecule has 12 heteroatoms. The van der Waals surface area contributed by atoms with Crippen molar-refractivity contribution in [3.05, 3.63) is 65.7 Å². The van der Waals surface area contributed by atoms with Crippen molar-refractivity contribution in [1.82, 2.24) is 24.7 Å². The van der Waals surface area contributed by atoms with Gasteiger partial charge >= 0.3 is 0 Å². The molecule has 0 aliphatic rings. The summed E-state index contributed by atoms with van der Waals surface area (Å²) in [6.45, 7) is 0. The molecule has 0 radical (unpaired) electrons. The normalized spacial score (nSPS) is 11.5. The first kappa shape index (κ1) is 22.7. The van der Waals surface area contributed by atoms with Gasteiger partial charge in [-0.3, -0.25) is 4.57 Å². The Morgan fingerprint density at radius 2 is 1.73 bits per heavy atom. The Kier molecular flexibility index (Phi) is 6.61. The van der Waals surface area contributed by atoms with Gasteiger partial charge < -0.3 is 13.9 Å². The molecule has 0 fully saturated rings. The predicted molar refractivity (Wildman–Crippen MR) is 120 cm³/mol. The third-order valence-electron chi connectivity index (χ3n) is 4.76. The van der Waals surface area contributed by atoms with Crippen LogP contribution in [0.3, 0.4) is 0 Å². The third kappa shape index (κ3) is 4.99. The van der Waals surface area contributed by atoms with Crippen molar-refractivity contribution in [3.63, 3.8) is 0 Å². The summed E-state index contributed by atoms with van der Waals surface area (Å²) >= 11 is 5.79. The lowest BCUT2D eigenvalue weighted by molar-refractivity contribution is 0.390. The zero-order valence-corrected chi connectivity index (χ0v) is 19.4. The summed E-state index contributed by atoms with van der Waals surface area (Å²) < 4.78 is 44.1. The summed E-state index contributed by atoms with van der Waals surface area (Å²) in [4.78, 5) is 8.10. The molecule has 0 amide bonds. The molecule has 4 aromatic rings. The minimum Gasteiger partial charge on any atom is -0.494 e. The van der Waals surface area contributed by atoms with Crippen LogP contribution in [-0.4, -0.2) is 53.1 Å². The number of rotatable bonds is 9. The van der Waals surface area contributed by atoms with Gasteiger partial charge in [-0.05, 0) is 24.3 Å². The van der Waals surface area contributed by atoms with Gasteiger partial charge in [-0.25, -0.2) is 18.4 Å². The minimum atomic E-state index is -3.62. The number of benzene rings is 1. The highest BCUT2D eigenvalue weighted by molar-refractivity contribution is 7.90. The van der Waals surface area contributed by atoms with Crippen LogP contribution in [0.1, 0.15) is 11.6 Å². The van der Waals surface area contributed by atoms with Gasteiger partial charge in [-0.1, -0.05) is 17.7 Å². The molecule has 4 rings (SSSR count). The van der Waals surface area contributed by atoms with E-state index in [0.717, 1.165) is 0 Å². The molecule has 0 N–H and O–H groups in total. The number of furan rings is 1. The topological polar surface area (TPSA) is 122 Å². The van der Waals surface area contributed by atoms with Crippen LogP contribution in [-0.2, 0) is 22.0 Å². The molecule has 0 spiro atoms. The van der Waals surface area contributed by atoms with Gasteiger partial charge in [-0.2, -0.15) is 0 Å². The van der Waals surface area contributed by atoms with Gasteiger partial charge in [0, 0.05) is 18.8 Å². The Morgan fingerprint density at radius 3 is 2.33 bits per heavy atom. The number of aromatic nitrogens is 5. The van der Waals surface area contributed by atoms with Crippen molar-refractivity contribution < 1.29 is 22.3 Å². The Bertz CT molecular complexity index is 1320. The van der Waals surface area contributed by atoms with Crippen molar-refractivity contribution >= 4 is 21.4 Å². The zero-order valence-electron chi connectivity index (χ0n) is 17.8. The molecule has 0 aliphatic carbocycles. The fourth-order valence-corrected chi connectivity index (χ4v) is 4.56.